The molecule has 1 aromatic carbocycles. The number of nitrogens with one attached hydrogen (secondary N) is 1. The van der Waals surface area contributed by atoms with Crippen LogP contribution in [0, 0.1) is 0 Å². The lowest BCUT2D eigenvalue weighted by atomic mass is 9.88. The van der Waals surface area contributed by atoms with Crippen molar-refractivity contribution in [2.75, 3.05) is 33.9 Å². The van der Waals surface area contributed by atoms with E-state index >= 15 is 0 Å². The van der Waals surface area contributed by atoms with E-state index in [9.17, 15) is 4.79 Å². The number of nitrogens with two attached hydrogens (primary N) is 1. The second-order valence-electron chi connectivity index (χ2n) is 6.23. The van der Waals surface area contributed by atoms with Gasteiger partial charge in [-0.1, -0.05) is 30.3 Å². The van der Waals surface area contributed by atoms with Crippen molar-refractivity contribution in [2.45, 2.75) is 30.8 Å². The van der Waals surface area contributed by atoms with E-state index in [1.165, 1.54) is 0 Å². The summed E-state index contributed by atoms with van der Waals surface area (Å²) in [6.07, 6.45) is 2.18. The van der Waals surface area contributed by atoms with Crippen LogP contribution in [0.5, 0.6) is 0 Å². The molecule has 0 aliphatic carbocycles. The van der Waals surface area contributed by atoms with Gasteiger partial charge in [0.1, 0.15) is 0 Å². The van der Waals surface area contributed by atoms with Crippen LogP contribution in [0.15, 0.2) is 30.3 Å². The number of ether oxygens (including phenoxy) is 1. The van der Waals surface area contributed by atoms with Crippen molar-refractivity contribution in [2.24, 2.45) is 5.73 Å². The summed E-state index contributed by atoms with van der Waals surface area (Å²) in [5, 5.41) is 3.06. The third-order valence-corrected chi connectivity index (χ3v) is 4.62. The van der Waals surface area contributed by atoms with Crippen molar-refractivity contribution in [3.05, 3.63) is 35.9 Å². The minimum atomic E-state index is -0.258. The number of nitrogens with zero attached hydrogens (tertiary/aromatic N) is 1. The van der Waals surface area contributed by atoms with Crippen molar-refractivity contribution in [3.63, 3.8) is 0 Å². The van der Waals surface area contributed by atoms with E-state index in [4.69, 9.17) is 10.5 Å². The second-order valence-corrected chi connectivity index (χ2v) is 6.23. The van der Waals surface area contributed by atoms with E-state index in [1.807, 2.05) is 30.3 Å². The van der Waals surface area contributed by atoms with Crippen LogP contribution in [0.4, 0.5) is 0 Å². The van der Waals surface area contributed by atoms with E-state index in [2.05, 4.69) is 24.3 Å². The highest BCUT2D eigenvalue weighted by Gasteiger charge is 2.35. The number of carbonyl (C=O) groups excluding carboxylic acids is 1. The highest BCUT2D eigenvalue weighted by Crippen LogP contribution is 2.25. The number of hydrogen-bond donors (Lipinski definition) is 2. The molecule has 1 amide bonds. The molecule has 1 unspecified atom stereocenters. The summed E-state index contributed by atoms with van der Waals surface area (Å²) < 4.78 is 5.44. The summed E-state index contributed by atoms with van der Waals surface area (Å²) in [5.41, 5.74) is 7.09. The largest absolute Gasteiger partial charge is 0.381 e. The molecule has 3 N–H and O–H groups in total. The fourth-order valence-electron chi connectivity index (χ4n) is 2.89. The molecule has 5 nitrogen and oxygen atoms in total. The third-order valence-electron chi connectivity index (χ3n) is 4.62. The summed E-state index contributed by atoms with van der Waals surface area (Å²) in [6, 6.07) is 9.48. The van der Waals surface area contributed by atoms with Crippen LogP contribution in [0.3, 0.4) is 0 Å². The van der Waals surface area contributed by atoms with Crippen molar-refractivity contribution < 1.29 is 9.53 Å². The van der Waals surface area contributed by atoms with Gasteiger partial charge in [0.15, 0.2) is 0 Å². The maximum absolute atomic E-state index is 12.2. The molecule has 1 atom stereocenters. The van der Waals surface area contributed by atoms with Crippen molar-refractivity contribution in [1.29, 1.82) is 0 Å². The quantitative estimate of drug-likeness (QED) is 0.831. The Morgan fingerprint density at radius 1 is 1.32 bits per heavy atom. The van der Waals surface area contributed by atoms with E-state index in [-0.39, 0.29) is 17.5 Å². The summed E-state index contributed by atoms with van der Waals surface area (Å²) in [5.74, 6) is 0.00377. The van der Waals surface area contributed by atoms with Crippen LogP contribution in [-0.2, 0) is 9.53 Å². The molecule has 122 valence electrons. The lowest BCUT2D eigenvalue weighted by Crippen LogP contribution is -2.55. The minimum Gasteiger partial charge on any atom is -0.381 e. The van der Waals surface area contributed by atoms with Gasteiger partial charge in [-0.2, -0.15) is 0 Å². The molecule has 1 aliphatic rings. The van der Waals surface area contributed by atoms with Crippen LogP contribution < -0.4 is 11.1 Å². The predicted molar refractivity (Wildman–Crippen MR) is 87.5 cm³/mol. The molecule has 22 heavy (non-hydrogen) atoms. The van der Waals surface area contributed by atoms with Crippen LogP contribution in [-0.4, -0.2) is 50.2 Å². The minimum absolute atomic E-state index is 0.00377. The molecule has 2 rings (SSSR count). The molecule has 0 bridgehead atoms. The Balaban J connectivity index is 1.86. The monoisotopic (exact) mass is 305 g/mol. The molecule has 1 fully saturated rings. The molecular formula is C17H27N3O2. The molecule has 0 saturated carbocycles. The van der Waals surface area contributed by atoms with Gasteiger partial charge in [0.05, 0.1) is 0 Å². The van der Waals surface area contributed by atoms with Gasteiger partial charge in [-0.25, -0.2) is 0 Å². The molecule has 5 heteroatoms. The number of benzene rings is 1. The summed E-state index contributed by atoms with van der Waals surface area (Å²) in [6.45, 7) is 2.14. The summed E-state index contributed by atoms with van der Waals surface area (Å²) in [7, 11) is 4.13. The van der Waals surface area contributed by atoms with Gasteiger partial charge in [-0.3, -0.25) is 4.79 Å². The molecule has 1 aliphatic heterocycles. The van der Waals surface area contributed by atoms with Gasteiger partial charge in [0.25, 0.3) is 0 Å². The molecule has 0 aromatic heterocycles. The number of amides is 1. The lowest BCUT2D eigenvalue weighted by molar-refractivity contribution is -0.122. The first kappa shape index (κ1) is 16.9. The molecular weight excluding hydrogens is 278 g/mol. The van der Waals surface area contributed by atoms with E-state index in [0.29, 0.717) is 13.0 Å². The van der Waals surface area contributed by atoms with Crippen molar-refractivity contribution in [3.8, 4) is 0 Å². The van der Waals surface area contributed by atoms with E-state index in [0.717, 1.165) is 31.6 Å². The maximum atomic E-state index is 12.2. The molecule has 1 saturated heterocycles. The van der Waals surface area contributed by atoms with E-state index < -0.39 is 0 Å². The van der Waals surface area contributed by atoms with E-state index in [1.54, 1.807) is 0 Å². The Bertz CT molecular complexity index is 470. The van der Waals surface area contributed by atoms with Gasteiger partial charge in [-0.15, -0.1) is 0 Å². The smallest absolute Gasteiger partial charge is 0.221 e. The molecule has 1 aromatic rings. The summed E-state index contributed by atoms with van der Waals surface area (Å²) in [4.78, 5) is 14.4. The zero-order chi connectivity index (χ0) is 16.0. The predicted octanol–water partition coefficient (Wildman–Crippen LogP) is 1.30. The Kier molecular flexibility index (Phi) is 5.94. The number of likely N-dealkylation sites (N-methyl/N-ethyl adjacent to an activating group) is 1. The molecule has 0 radical (unpaired) electrons. The van der Waals surface area contributed by atoms with Crippen LogP contribution in [0.1, 0.15) is 30.9 Å². The van der Waals surface area contributed by atoms with Crippen molar-refractivity contribution >= 4 is 5.91 Å². The third kappa shape index (κ3) is 4.29. The van der Waals surface area contributed by atoms with Crippen molar-refractivity contribution in [1.82, 2.24) is 10.2 Å². The standard InChI is InChI=1S/C17H27N3O2/c1-20(2)17(8-10-22-11-9-17)13-19-16(21)12-15(18)14-6-4-3-5-7-14/h3-7,15H,8-13,18H2,1-2H3,(H,19,21). The Morgan fingerprint density at radius 3 is 2.55 bits per heavy atom. The first-order valence-corrected chi connectivity index (χ1v) is 7.86. The van der Waals surface area contributed by atoms with Gasteiger partial charge in [0.2, 0.25) is 5.91 Å². The zero-order valence-electron chi connectivity index (χ0n) is 13.5. The summed E-state index contributed by atoms with van der Waals surface area (Å²) >= 11 is 0. The highest BCUT2D eigenvalue weighted by atomic mass is 16.5. The van der Waals surface area contributed by atoms with Gasteiger partial charge >= 0.3 is 0 Å². The number of rotatable bonds is 6. The normalized spacial score (nSPS) is 18.9. The van der Waals surface area contributed by atoms with Crippen LogP contribution in [0.25, 0.3) is 0 Å². The Morgan fingerprint density at radius 2 is 1.95 bits per heavy atom. The maximum Gasteiger partial charge on any atom is 0.221 e. The fraction of sp³-hybridized carbons (Fsp3) is 0.588. The highest BCUT2D eigenvalue weighted by molar-refractivity contribution is 5.76. The second kappa shape index (κ2) is 7.72. The van der Waals surface area contributed by atoms with Gasteiger partial charge < -0.3 is 20.7 Å². The first-order valence-electron chi connectivity index (χ1n) is 7.86. The zero-order valence-corrected chi connectivity index (χ0v) is 13.5. The Hall–Kier alpha value is -1.43. The SMILES string of the molecule is CN(C)C1(CNC(=O)CC(N)c2ccccc2)CCOCC1. The topological polar surface area (TPSA) is 67.6 Å². The number of hydrogen-bond acceptors (Lipinski definition) is 4. The molecule has 1 heterocycles. The van der Waals surface area contributed by atoms with Gasteiger partial charge in [-0.05, 0) is 32.5 Å². The average Bonchev–Trinajstić information content (AvgIpc) is 2.54. The van der Waals surface area contributed by atoms with Crippen LogP contribution >= 0.6 is 0 Å². The lowest BCUT2D eigenvalue weighted by Gasteiger charge is -2.42. The van der Waals surface area contributed by atoms with Crippen LogP contribution in [0.2, 0.25) is 0 Å². The average molecular weight is 305 g/mol. The number of carbonyl (C=O) groups is 1. The first-order chi connectivity index (χ1) is 10.5. The molecule has 0 spiro atoms. The fourth-order valence-corrected chi connectivity index (χ4v) is 2.89. The van der Waals surface area contributed by atoms with Gasteiger partial charge in [0, 0.05) is 37.8 Å². The Labute approximate surface area is 132 Å².